The normalized spacial score (nSPS) is 21.0. The van der Waals surface area contributed by atoms with Gasteiger partial charge < -0.3 is 0 Å². The molecular formula is C26H32NPS. The standard InChI is InChI=1S/C26H32NPS/c1-21(25-19-12-20-26(25)29-24-17-10-5-11-18-24)27(2)28(22-13-6-3-7-14-22)23-15-8-4-9-16-23/h3-4,6-9,12-16,19-21,24-25H,5,10-11,17-18H2,1-2H3/t21-,25?/m0/s1. The van der Waals surface area contributed by atoms with E-state index in [0.29, 0.717) is 12.0 Å². The van der Waals surface area contributed by atoms with Crippen LogP contribution in [0.25, 0.3) is 0 Å². The summed E-state index contributed by atoms with van der Waals surface area (Å²) in [4.78, 5) is 1.58. The van der Waals surface area contributed by atoms with E-state index in [4.69, 9.17) is 0 Å². The van der Waals surface area contributed by atoms with Gasteiger partial charge in [0.1, 0.15) is 0 Å². The first kappa shape index (κ1) is 20.9. The predicted molar refractivity (Wildman–Crippen MR) is 131 cm³/mol. The first-order chi connectivity index (χ1) is 14.2. The van der Waals surface area contributed by atoms with Crippen molar-refractivity contribution in [2.75, 3.05) is 7.05 Å². The number of benzene rings is 2. The molecule has 0 aromatic heterocycles. The summed E-state index contributed by atoms with van der Waals surface area (Å²) in [7, 11) is 1.78. The molecule has 4 rings (SSSR count). The lowest BCUT2D eigenvalue weighted by Crippen LogP contribution is -2.36. The zero-order valence-corrected chi connectivity index (χ0v) is 19.3. The third-order valence-electron chi connectivity index (χ3n) is 6.19. The molecule has 1 nitrogen and oxygen atoms in total. The highest BCUT2D eigenvalue weighted by atomic mass is 32.2. The fourth-order valence-corrected chi connectivity index (χ4v) is 8.42. The zero-order chi connectivity index (χ0) is 20.1. The van der Waals surface area contributed by atoms with Gasteiger partial charge in [-0.3, -0.25) is 4.67 Å². The van der Waals surface area contributed by atoms with Crippen LogP contribution in [0.2, 0.25) is 0 Å². The Morgan fingerprint density at radius 1 is 0.897 bits per heavy atom. The fraction of sp³-hybridized carbons (Fsp3) is 0.385. The van der Waals surface area contributed by atoms with Crippen molar-refractivity contribution in [1.29, 1.82) is 0 Å². The van der Waals surface area contributed by atoms with Crippen LogP contribution in [0.15, 0.2) is 83.8 Å². The Morgan fingerprint density at radius 2 is 1.48 bits per heavy atom. The highest BCUT2D eigenvalue weighted by Gasteiger charge is 2.31. The van der Waals surface area contributed by atoms with Crippen LogP contribution in [0.5, 0.6) is 0 Å². The zero-order valence-electron chi connectivity index (χ0n) is 17.6. The van der Waals surface area contributed by atoms with Gasteiger partial charge in [-0.25, -0.2) is 0 Å². The van der Waals surface area contributed by atoms with E-state index in [0.717, 1.165) is 5.25 Å². The molecule has 0 amide bonds. The summed E-state index contributed by atoms with van der Waals surface area (Å²) in [6.45, 7) is 2.41. The van der Waals surface area contributed by atoms with E-state index in [1.807, 2.05) is 0 Å². The van der Waals surface area contributed by atoms with Gasteiger partial charge in [-0.2, -0.15) is 0 Å². The molecule has 0 bridgehead atoms. The van der Waals surface area contributed by atoms with E-state index in [-0.39, 0.29) is 0 Å². The third kappa shape index (κ3) is 5.05. The van der Waals surface area contributed by atoms with Crippen LogP contribution in [-0.4, -0.2) is 23.0 Å². The molecule has 0 radical (unpaired) electrons. The number of allylic oxidation sites excluding steroid dienone is 2. The molecule has 2 aromatic carbocycles. The van der Waals surface area contributed by atoms with Gasteiger partial charge in [0.05, 0.1) is 0 Å². The summed E-state index contributed by atoms with van der Waals surface area (Å²) >= 11 is 2.16. The van der Waals surface area contributed by atoms with Gasteiger partial charge in [-0.15, -0.1) is 11.8 Å². The van der Waals surface area contributed by atoms with Gasteiger partial charge in [-0.05, 0) is 42.3 Å². The van der Waals surface area contributed by atoms with Crippen molar-refractivity contribution < 1.29 is 0 Å². The number of hydrogen-bond donors (Lipinski definition) is 0. The molecule has 2 atom stereocenters. The maximum atomic E-state index is 2.63. The van der Waals surface area contributed by atoms with Crippen molar-refractivity contribution >= 4 is 30.4 Å². The maximum absolute atomic E-state index is 2.63. The van der Waals surface area contributed by atoms with Crippen molar-refractivity contribution in [1.82, 2.24) is 4.67 Å². The third-order valence-corrected chi connectivity index (χ3v) is 10.2. The van der Waals surface area contributed by atoms with Crippen molar-refractivity contribution in [3.05, 3.63) is 83.8 Å². The average molecular weight is 422 g/mol. The van der Waals surface area contributed by atoms with E-state index < -0.39 is 8.07 Å². The van der Waals surface area contributed by atoms with Gasteiger partial charge >= 0.3 is 0 Å². The van der Waals surface area contributed by atoms with Crippen molar-refractivity contribution in [3.63, 3.8) is 0 Å². The molecule has 0 spiro atoms. The molecule has 2 aliphatic rings. The van der Waals surface area contributed by atoms with Crippen LogP contribution in [0.3, 0.4) is 0 Å². The van der Waals surface area contributed by atoms with Crippen molar-refractivity contribution in [3.8, 4) is 0 Å². The molecule has 29 heavy (non-hydrogen) atoms. The summed E-state index contributed by atoms with van der Waals surface area (Å²) in [5.74, 6) is 0.504. The topological polar surface area (TPSA) is 3.24 Å². The first-order valence-corrected chi connectivity index (χ1v) is 13.1. The fourth-order valence-electron chi connectivity index (χ4n) is 4.43. The predicted octanol–water partition coefficient (Wildman–Crippen LogP) is 6.49. The summed E-state index contributed by atoms with van der Waals surface area (Å²) in [6.07, 6.45) is 14.1. The van der Waals surface area contributed by atoms with Crippen molar-refractivity contribution in [2.24, 2.45) is 5.92 Å². The average Bonchev–Trinajstić information content (AvgIpc) is 3.23. The lowest BCUT2D eigenvalue weighted by Gasteiger charge is -2.37. The smallest absolute Gasteiger partial charge is 0.0281 e. The van der Waals surface area contributed by atoms with Gasteiger partial charge in [-0.1, -0.05) is 98.2 Å². The SMILES string of the molecule is C[C@@H](C1C=CC=C1SC1CCCCC1)N(C)P(c1ccccc1)c1ccccc1. The van der Waals surface area contributed by atoms with E-state index in [1.165, 1.54) is 42.7 Å². The van der Waals surface area contributed by atoms with Crippen LogP contribution in [0.1, 0.15) is 39.0 Å². The second-order valence-electron chi connectivity index (χ2n) is 8.15. The summed E-state index contributed by atoms with van der Waals surface area (Å²) in [5, 5.41) is 3.67. The quantitative estimate of drug-likeness (QED) is 0.470. The molecule has 0 N–H and O–H groups in total. The lowest BCUT2D eigenvalue weighted by molar-refractivity contribution is 0.381. The Labute approximate surface area is 182 Å². The molecule has 152 valence electrons. The van der Waals surface area contributed by atoms with Gasteiger partial charge in [0.2, 0.25) is 0 Å². The number of nitrogens with zero attached hydrogens (tertiary/aromatic N) is 1. The van der Waals surface area contributed by atoms with E-state index >= 15 is 0 Å². The minimum absolute atomic E-state index is 0.461. The second kappa shape index (κ2) is 10.1. The Hall–Kier alpha value is -1.34. The summed E-state index contributed by atoms with van der Waals surface area (Å²) in [6, 6.07) is 22.6. The second-order valence-corrected chi connectivity index (χ2v) is 11.8. The van der Waals surface area contributed by atoms with E-state index in [1.54, 1.807) is 4.91 Å². The van der Waals surface area contributed by atoms with Gasteiger partial charge in [0, 0.05) is 25.3 Å². The highest BCUT2D eigenvalue weighted by Crippen LogP contribution is 2.45. The molecule has 1 saturated carbocycles. The molecular weight excluding hydrogens is 389 g/mol. The van der Waals surface area contributed by atoms with Crippen LogP contribution in [0, 0.1) is 5.92 Å². The molecule has 0 aliphatic heterocycles. The Kier molecular flexibility index (Phi) is 7.29. The molecule has 2 aromatic rings. The monoisotopic (exact) mass is 421 g/mol. The largest absolute Gasteiger partial charge is 0.274 e. The highest BCUT2D eigenvalue weighted by molar-refractivity contribution is 8.03. The Morgan fingerprint density at radius 3 is 2.07 bits per heavy atom. The van der Waals surface area contributed by atoms with Crippen LogP contribution in [-0.2, 0) is 0 Å². The minimum Gasteiger partial charge on any atom is -0.274 e. The molecule has 0 saturated heterocycles. The number of rotatable bonds is 7. The van der Waals surface area contributed by atoms with E-state index in [9.17, 15) is 0 Å². The maximum Gasteiger partial charge on any atom is 0.0281 e. The number of thioether (sulfide) groups is 1. The van der Waals surface area contributed by atoms with Gasteiger partial charge in [0.25, 0.3) is 0 Å². The first-order valence-electron chi connectivity index (χ1n) is 10.9. The Balaban J connectivity index is 1.54. The Bertz CT molecular complexity index is 787. The molecule has 1 unspecified atom stereocenters. The molecule has 3 heteroatoms. The van der Waals surface area contributed by atoms with Gasteiger partial charge in [0.15, 0.2) is 0 Å². The molecule has 2 aliphatic carbocycles. The van der Waals surface area contributed by atoms with Crippen molar-refractivity contribution in [2.45, 2.75) is 50.3 Å². The molecule has 1 fully saturated rings. The van der Waals surface area contributed by atoms with Crippen LogP contribution < -0.4 is 10.6 Å². The lowest BCUT2D eigenvalue weighted by atomic mass is 10.0. The summed E-state index contributed by atoms with van der Waals surface area (Å²) in [5.41, 5.74) is 0. The van der Waals surface area contributed by atoms with E-state index in [2.05, 4.69) is 109 Å². The van der Waals surface area contributed by atoms with Crippen LogP contribution in [0.4, 0.5) is 0 Å². The minimum atomic E-state index is -0.543. The molecule has 0 heterocycles. The van der Waals surface area contributed by atoms with Crippen LogP contribution >= 0.6 is 19.8 Å². The number of hydrogen-bond acceptors (Lipinski definition) is 2. The summed E-state index contributed by atoms with van der Waals surface area (Å²) < 4.78 is 2.63.